The van der Waals surface area contributed by atoms with Crippen molar-refractivity contribution in [2.75, 3.05) is 0 Å². The molecule has 0 fully saturated rings. The quantitative estimate of drug-likeness (QED) is 0.518. The molecule has 2 heterocycles. The molecule has 2 aromatic carbocycles. The lowest BCUT2D eigenvalue weighted by molar-refractivity contribution is 0.0943. The lowest BCUT2D eigenvalue weighted by Crippen LogP contribution is -2.32. The SMILES string of the molecule is Cc1cc(=O)c(C(=O)NCc2ccccc2Cn2cncn2)nn1-c1ccccc1F. The predicted molar refractivity (Wildman–Crippen MR) is 111 cm³/mol. The Kier molecular flexibility index (Phi) is 5.65. The van der Waals surface area contributed by atoms with Crippen molar-refractivity contribution in [1.82, 2.24) is 29.9 Å². The number of carbonyl (C=O) groups excluding carboxylic acids is 1. The van der Waals surface area contributed by atoms with E-state index in [1.807, 2.05) is 24.3 Å². The van der Waals surface area contributed by atoms with E-state index >= 15 is 0 Å². The van der Waals surface area contributed by atoms with Gasteiger partial charge in [0.25, 0.3) is 5.91 Å². The van der Waals surface area contributed by atoms with Gasteiger partial charge in [-0.15, -0.1) is 0 Å². The van der Waals surface area contributed by atoms with E-state index in [-0.39, 0.29) is 17.9 Å². The van der Waals surface area contributed by atoms with Gasteiger partial charge in [-0.2, -0.15) is 10.2 Å². The molecule has 4 aromatic rings. The van der Waals surface area contributed by atoms with Gasteiger partial charge in [0.05, 0.1) is 6.54 Å². The van der Waals surface area contributed by atoms with Crippen molar-refractivity contribution in [3.8, 4) is 5.69 Å². The number of hydrogen-bond donors (Lipinski definition) is 1. The highest BCUT2D eigenvalue weighted by atomic mass is 19.1. The third kappa shape index (κ3) is 4.40. The third-order valence-electron chi connectivity index (χ3n) is 4.76. The summed E-state index contributed by atoms with van der Waals surface area (Å²) in [5.41, 5.74) is 1.57. The molecule has 0 atom stereocenters. The first-order valence-electron chi connectivity index (χ1n) is 9.56. The Labute approximate surface area is 177 Å². The fourth-order valence-corrected chi connectivity index (χ4v) is 3.20. The van der Waals surface area contributed by atoms with Crippen molar-refractivity contribution in [2.45, 2.75) is 20.0 Å². The molecule has 0 aliphatic carbocycles. The molecule has 31 heavy (non-hydrogen) atoms. The molecule has 4 rings (SSSR count). The van der Waals surface area contributed by atoms with Gasteiger partial charge in [0, 0.05) is 18.3 Å². The minimum Gasteiger partial charge on any atom is -0.346 e. The smallest absolute Gasteiger partial charge is 0.276 e. The Hall–Kier alpha value is -4.14. The monoisotopic (exact) mass is 418 g/mol. The molecule has 0 radical (unpaired) electrons. The highest BCUT2D eigenvalue weighted by Gasteiger charge is 2.17. The topological polar surface area (TPSA) is 94.7 Å². The van der Waals surface area contributed by atoms with E-state index in [1.165, 1.54) is 29.2 Å². The Balaban J connectivity index is 1.57. The normalized spacial score (nSPS) is 10.8. The average Bonchev–Trinajstić information content (AvgIpc) is 3.27. The summed E-state index contributed by atoms with van der Waals surface area (Å²) in [6.07, 6.45) is 3.06. The maximum Gasteiger partial charge on any atom is 0.276 e. The van der Waals surface area contributed by atoms with Crippen LogP contribution < -0.4 is 10.7 Å². The zero-order chi connectivity index (χ0) is 21.8. The van der Waals surface area contributed by atoms with Crippen LogP contribution in [-0.2, 0) is 13.1 Å². The van der Waals surface area contributed by atoms with Crippen LogP contribution in [0.5, 0.6) is 0 Å². The lowest BCUT2D eigenvalue weighted by atomic mass is 10.1. The van der Waals surface area contributed by atoms with Gasteiger partial charge in [-0.05, 0) is 30.2 Å². The van der Waals surface area contributed by atoms with E-state index in [2.05, 4.69) is 20.5 Å². The summed E-state index contributed by atoms with van der Waals surface area (Å²) >= 11 is 0. The summed E-state index contributed by atoms with van der Waals surface area (Å²) in [6.45, 7) is 2.32. The zero-order valence-corrected chi connectivity index (χ0v) is 16.7. The van der Waals surface area contributed by atoms with Crippen molar-refractivity contribution in [2.24, 2.45) is 0 Å². The van der Waals surface area contributed by atoms with E-state index in [0.717, 1.165) is 11.1 Å². The standard InChI is InChI=1S/C22H19FN6O2/c1-15-10-20(30)21(27-29(15)19-9-5-4-8-18(19)23)22(31)25-11-16-6-2-3-7-17(16)12-28-14-24-13-26-28/h2-10,13-14H,11-12H2,1H3,(H,25,31). The van der Waals surface area contributed by atoms with Crippen LogP contribution >= 0.6 is 0 Å². The molecule has 0 bridgehead atoms. The molecule has 1 N–H and O–H groups in total. The number of aromatic nitrogens is 5. The van der Waals surface area contributed by atoms with E-state index in [0.29, 0.717) is 12.2 Å². The summed E-state index contributed by atoms with van der Waals surface area (Å²) in [6, 6.07) is 14.9. The maximum atomic E-state index is 14.2. The van der Waals surface area contributed by atoms with Crippen LogP contribution in [0.1, 0.15) is 27.3 Å². The Morgan fingerprint density at radius 3 is 2.58 bits per heavy atom. The maximum absolute atomic E-state index is 14.2. The van der Waals surface area contributed by atoms with Crippen molar-refractivity contribution in [1.29, 1.82) is 0 Å². The summed E-state index contributed by atoms with van der Waals surface area (Å²) in [7, 11) is 0. The van der Waals surface area contributed by atoms with Gasteiger partial charge >= 0.3 is 0 Å². The Bertz CT molecular complexity index is 1280. The highest BCUT2D eigenvalue weighted by molar-refractivity contribution is 5.92. The molecule has 0 spiro atoms. The fraction of sp³-hybridized carbons (Fsp3) is 0.136. The van der Waals surface area contributed by atoms with Crippen LogP contribution in [-0.4, -0.2) is 30.5 Å². The molecule has 0 saturated carbocycles. The van der Waals surface area contributed by atoms with E-state index < -0.39 is 17.2 Å². The number of hydrogen-bond acceptors (Lipinski definition) is 5. The predicted octanol–water partition coefficient (Wildman–Crippen LogP) is 2.25. The third-order valence-corrected chi connectivity index (χ3v) is 4.76. The zero-order valence-electron chi connectivity index (χ0n) is 16.7. The first kappa shape index (κ1) is 20.1. The summed E-state index contributed by atoms with van der Waals surface area (Å²) in [4.78, 5) is 29.1. The number of halogens is 1. The number of aryl methyl sites for hydroxylation is 1. The van der Waals surface area contributed by atoms with E-state index in [1.54, 1.807) is 30.1 Å². The van der Waals surface area contributed by atoms with Crippen LogP contribution in [0, 0.1) is 12.7 Å². The number of nitrogens with one attached hydrogen (secondary N) is 1. The molecule has 0 aliphatic rings. The van der Waals surface area contributed by atoms with Crippen LogP contribution in [0.2, 0.25) is 0 Å². The average molecular weight is 418 g/mol. The highest BCUT2D eigenvalue weighted by Crippen LogP contribution is 2.13. The second-order valence-electron chi connectivity index (χ2n) is 6.91. The summed E-state index contributed by atoms with van der Waals surface area (Å²) in [5.74, 6) is -1.14. The van der Waals surface area contributed by atoms with Gasteiger partial charge in [0.1, 0.15) is 24.2 Å². The summed E-state index contributed by atoms with van der Waals surface area (Å²) in [5, 5.41) is 11.0. The number of rotatable bonds is 6. The second kappa shape index (κ2) is 8.70. The van der Waals surface area contributed by atoms with E-state index in [4.69, 9.17) is 0 Å². The largest absolute Gasteiger partial charge is 0.346 e. The molecule has 1 amide bonds. The molecular weight excluding hydrogens is 399 g/mol. The molecular formula is C22H19FN6O2. The van der Waals surface area contributed by atoms with E-state index in [9.17, 15) is 14.0 Å². The van der Waals surface area contributed by atoms with Crippen LogP contribution in [0.15, 0.2) is 72.0 Å². The number of nitrogens with zero attached hydrogens (tertiary/aromatic N) is 5. The van der Waals surface area contributed by atoms with Crippen molar-refractivity contribution < 1.29 is 9.18 Å². The van der Waals surface area contributed by atoms with Gasteiger partial charge in [0.15, 0.2) is 5.69 Å². The molecule has 0 saturated heterocycles. The van der Waals surface area contributed by atoms with Gasteiger partial charge in [0.2, 0.25) is 5.43 Å². The van der Waals surface area contributed by atoms with Gasteiger partial charge < -0.3 is 5.32 Å². The van der Waals surface area contributed by atoms with Crippen molar-refractivity contribution >= 4 is 5.91 Å². The first-order valence-corrected chi connectivity index (χ1v) is 9.56. The van der Waals surface area contributed by atoms with Crippen molar-refractivity contribution in [3.63, 3.8) is 0 Å². The van der Waals surface area contributed by atoms with Gasteiger partial charge in [-0.25, -0.2) is 18.7 Å². The molecule has 9 heteroatoms. The van der Waals surface area contributed by atoms with Crippen LogP contribution in [0.4, 0.5) is 4.39 Å². The minimum absolute atomic E-state index is 0.159. The number of carbonyl (C=O) groups is 1. The number of benzene rings is 2. The van der Waals surface area contributed by atoms with Crippen LogP contribution in [0.3, 0.4) is 0 Å². The first-order chi connectivity index (χ1) is 15.0. The molecule has 2 aromatic heterocycles. The molecule has 0 aliphatic heterocycles. The Morgan fingerprint density at radius 2 is 1.84 bits per heavy atom. The van der Waals surface area contributed by atoms with Gasteiger partial charge in [-0.3, -0.25) is 9.59 Å². The number of amides is 1. The molecule has 8 nitrogen and oxygen atoms in total. The number of para-hydroxylation sites is 1. The molecule has 0 unspecified atom stereocenters. The summed E-state index contributed by atoms with van der Waals surface area (Å²) < 4.78 is 17.1. The fourth-order valence-electron chi connectivity index (χ4n) is 3.20. The van der Waals surface area contributed by atoms with Crippen molar-refractivity contribution in [3.05, 3.63) is 106 Å². The second-order valence-corrected chi connectivity index (χ2v) is 6.91. The van der Waals surface area contributed by atoms with Crippen LogP contribution in [0.25, 0.3) is 5.69 Å². The molecule has 156 valence electrons. The minimum atomic E-state index is -0.634. The lowest BCUT2D eigenvalue weighted by Gasteiger charge is -2.13. The Morgan fingerprint density at radius 1 is 1.10 bits per heavy atom. The van der Waals surface area contributed by atoms with Gasteiger partial charge in [-0.1, -0.05) is 36.4 Å².